The van der Waals surface area contributed by atoms with Crippen LogP contribution in [0.4, 0.5) is 0 Å². The lowest BCUT2D eigenvalue weighted by molar-refractivity contribution is -0.133. The summed E-state index contributed by atoms with van der Waals surface area (Å²) in [4.78, 5) is 16.0. The predicted octanol–water partition coefficient (Wildman–Crippen LogP) is 4.19. The Morgan fingerprint density at radius 2 is 1.84 bits per heavy atom. The van der Waals surface area contributed by atoms with Gasteiger partial charge in [-0.1, -0.05) is 30.3 Å². The van der Waals surface area contributed by atoms with Gasteiger partial charge in [0, 0.05) is 31.6 Å². The minimum absolute atomic E-state index is 0.0317. The van der Waals surface area contributed by atoms with Crippen molar-refractivity contribution in [1.82, 2.24) is 10.4 Å². The third-order valence-corrected chi connectivity index (χ3v) is 10.5. The Hall–Kier alpha value is -2.76. The molecule has 4 rings (SSSR count). The molecule has 10 heteroatoms. The number of hydrogen-bond acceptors (Lipinski definition) is 8. The molecular weight excluding hydrogens is 524 g/mol. The van der Waals surface area contributed by atoms with Gasteiger partial charge < -0.3 is 14.4 Å². The molecule has 38 heavy (non-hydrogen) atoms. The summed E-state index contributed by atoms with van der Waals surface area (Å²) < 4.78 is 36.5. The molecule has 0 atom stereocenters. The van der Waals surface area contributed by atoms with Gasteiger partial charge in [0.05, 0.1) is 18.1 Å². The van der Waals surface area contributed by atoms with Gasteiger partial charge in [0.2, 0.25) is 0 Å². The van der Waals surface area contributed by atoms with Gasteiger partial charge in [-0.3, -0.25) is 10.0 Å². The summed E-state index contributed by atoms with van der Waals surface area (Å²) in [6.45, 7) is 2.48. The lowest BCUT2D eigenvalue weighted by atomic mass is 9.95. The minimum Gasteiger partial charge on any atom is -0.494 e. The molecule has 2 N–H and O–H groups in total. The summed E-state index contributed by atoms with van der Waals surface area (Å²) >= 11 is 1.72. The van der Waals surface area contributed by atoms with Gasteiger partial charge >= 0.3 is 0 Å². The first kappa shape index (κ1) is 28.3. The van der Waals surface area contributed by atoms with E-state index in [0.29, 0.717) is 38.6 Å². The van der Waals surface area contributed by atoms with Crippen LogP contribution in [0, 0.1) is 0 Å². The third-order valence-electron chi connectivity index (χ3n) is 7.05. The summed E-state index contributed by atoms with van der Waals surface area (Å²) in [7, 11) is -2.46. The van der Waals surface area contributed by atoms with Gasteiger partial charge in [-0.15, -0.1) is 11.3 Å². The zero-order valence-corrected chi connectivity index (χ0v) is 23.1. The van der Waals surface area contributed by atoms with Crippen molar-refractivity contribution in [2.45, 2.75) is 35.3 Å². The van der Waals surface area contributed by atoms with Crippen molar-refractivity contribution in [3.05, 3.63) is 71.6 Å². The molecule has 0 unspecified atom stereocenters. The van der Waals surface area contributed by atoms with Crippen LogP contribution in [-0.4, -0.2) is 69.1 Å². The number of rotatable bonds is 12. The number of carbonyl (C=O) groups is 1. The predicted molar refractivity (Wildman–Crippen MR) is 147 cm³/mol. The number of methoxy groups -OCH3 is 1. The molecule has 0 bridgehead atoms. The molecule has 1 amide bonds. The Labute approximate surface area is 228 Å². The topological polar surface area (TPSA) is 105 Å². The van der Waals surface area contributed by atoms with Crippen LogP contribution in [0.2, 0.25) is 0 Å². The molecule has 0 spiro atoms. The van der Waals surface area contributed by atoms with Gasteiger partial charge in [0.15, 0.2) is 14.6 Å². The molecular formula is C28H34N2O6S2. The maximum atomic E-state index is 13.6. The maximum Gasteiger partial charge on any atom is 0.265 e. The smallest absolute Gasteiger partial charge is 0.265 e. The Morgan fingerprint density at radius 1 is 1.08 bits per heavy atom. The molecule has 1 aromatic heterocycles. The number of aryl methyl sites for hydroxylation is 1. The molecule has 2 heterocycles. The Morgan fingerprint density at radius 3 is 2.50 bits per heavy atom. The van der Waals surface area contributed by atoms with E-state index >= 15 is 0 Å². The fraction of sp³-hybridized carbons (Fsp3) is 0.393. The van der Waals surface area contributed by atoms with E-state index < -0.39 is 20.5 Å². The first-order chi connectivity index (χ1) is 18.4. The number of likely N-dealkylation sites (tertiary alicyclic amines) is 1. The summed E-state index contributed by atoms with van der Waals surface area (Å²) in [5.74, 6) is -0.335. The summed E-state index contributed by atoms with van der Waals surface area (Å²) in [5, 5.41) is 11.4. The zero-order chi connectivity index (χ0) is 27.0. The van der Waals surface area contributed by atoms with E-state index in [1.165, 1.54) is 28.1 Å². The largest absolute Gasteiger partial charge is 0.494 e. The van der Waals surface area contributed by atoms with Crippen LogP contribution in [0.15, 0.2) is 70.9 Å². The fourth-order valence-corrected chi connectivity index (χ4v) is 7.49. The van der Waals surface area contributed by atoms with E-state index in [1.807, 2.05) is 6.07 Å². The van der Waals surface area contributed by atoms with Crippen molar-refractivity contribution >= 4 is 27.1 Å². The number of ether oxygens (including phenoxy) is 2. The standard InChI is InChI=1S/C28H34N2O6S2/c1-35-19-17-30-15-13-28(14-16-30,27(31)29-32)38(33,34)25-11-9-24(10-12-25)36-18-3-6-22-5-2-7-23(21-22)26-8-4-20-37-26/h2,4-5,7-12,20-21,32H,3,6,13-19H2,1H3,(H,29,31). The maximum absolute atomic E-state index is 13.6. The Kier molecular flexibility index (Phi) is 9.56. The van der Waals surface area contributed by atoms with Crippen molar-refractivity contribution in [2.24, 2.45) is 0 Å². The number of hydroxylamine groups is 1. The zero-order valence-electron chi connectivity index (χ0n) is 21.5. The van der Waals surface area contributed by atoms with E-state index in [4.69, 9.17) is 9.47 Å². The second-order valence-corrected chi connectivity index (χ2v) is 12.6. The molecule has 0 radical (unpaired) electrons. The van der Waals surface area contributed by atoms with Crippen LogP contribution in [-0.2, 0) is 25.8 Å². The van der Waals surface area contributed by atoms with E-state index in [-0.39, 0.29) is 17.7 Å². The average molecular weight is 559 g/mol. The van der Waals surface area contributed by atoms with Crippen molar-refractivity contribution in [1.29, 1.82) is 0 Å². The van der Waals surface area contributed by atoms with E-state index in [0.717, 1.165) is 12.8 Å². The van der Waals surface area contributed by atoms with E-state index in [1.54, 1.807) is 36.1 Å². The fourth-order valence-electron chi connectivity index (χ4n) is 4.81. The highest BCUT2D eigenvalue weighted by Crippen LogP contribution is 2.36. The molecule has 0 aliphatic carbocycles. The Bertz CT molecular complexity index is 1290. The van der Waals surface area contributed by atoms with Crippen LogP contribution in [0.5, 0.6) is 5.75 Å². The van der Waals surface area contributed by atoms with Crippen LogP contribution in [0.3, 0.4) is 0 Å². The van der Waals surface area contributed by atoms with E-state index in [9.17, 15) is 18.4 Å². The molecule has 1 aliphatic rings. The molecule has 1 aliphatic heterocycles. The van der Waals surface area contributed by atoms with Gasteiger partial charge in [0.1, 0.15) is 5.75 Å². The van der Waals surface area contributed by atoms with Crippen LogP contribution in [0.1, 0.15) is 24.8 Å². The number of carbonyl (C=O) groups excluding carboxylic acids is 1. The van der Waals surface area contributed by atoms with Gasteiger partial charge in [-0.25, -0.2) is 13.9 Å². The van der Waals surface area contributed by atoms with Crippen LogP contribution >= 0.6 is 11.3 Å². The molecule has 1 saturated heterocycles. The number of nitrogens with one attached hydrogen (secondary N) is 1. The van der Waals surface area contributed by atoms with Gasteiger partial charge in [0.25, 0.3) is 5.91 Å². The second kappa shape index (κ2) is 12.9. The molecule has 8 nitrogen and oxygen atoms in total. The lowest BCUT2D eigenvalue weighted by Gasteiger charge is -2.39. The quantitative estimate of drug-likeness (QED) is 0.195. The number of sulfone groups is 1. The van der Waals surface area contributed by atoms with Gasteiger partial charge in [-0.2, -0.15) is 0 Å². The highest BCUT2D eigenvalue weighted by molar-refractivity contribution is 7.93. The summed E-state index contributed by atoms with van der Waals surface area (Å²) in [6, 6.07) is 18.8. The summed E-state index contributed by atoms with van der Waals surface area (Å²) in [6.07, 6.45) is 1.84. The summed E-state index contributed by atoms with van der Waals surface area (Å²) in [5.41, 5.74) is 4.04. The second-order valence-electron chi connectivity index (χ2n) is 9.37. The SMILES string of the molecule is COCCN1CCC(C(=O)NO)(S(=O)(=O)c2ccc(OCCCc3cccc(-c4cccs4)c3)cc2)CC1. The average Bonchev–Trinajstić information content (AvgIpc) is 3.50. The first-order valence-electron chi connectivity index (χ1n) is 12.7. The number of piperidine rings is 1. The van der Waals surface area contributed by atoms with Crippen molar-refractivity contribution in [2.75, 3.05) is 40.0 Å². The van der Waals surface area contributed by atoms with Crippen LogP contribution in [0.25, 0.3) is 10.4 Å². The number of thiophene rings is 1. The van der Waals surface area contributed by atoms with E-state index in [2.05, 4.69) is 40.6 Å². The molecule has 2 aromatic carbocycles. The minimum atomic E-state index is -4.06. The highest BCUT2D eigenvalue weighted by Gasteiger charge is 2.52. The number of nitrogens with zero attached hydrogens (tertiary/aromatic N) is 1. The monoisotopic (exact) mass is 558 g/mol. The van der Waals surface area contributed by atoms with Gasteiger partial charge in [-0.05, 0) is 72.5 Å². The molecule has 0 saturated carbocycles. The number of amides is 1. The lowest BCUT2D eigenvalue weighted by Crippen LogP contribution is -2.57. The molecule has 3 aromatic rings. The number of hydrogen-bond donors (Lipinski definition) is 2. The molecule has 1 fully saturated rings. The first-order valence-corrected chi connectivity index (χ1v) is 15.0. The highest BCUT2D eigenvalue weighted by atomic mass is 32.2. The number of benzene rings is 2. The van der Waals surface area contributed by atoms with Crippen molar-refractivity contribution in [3.63, 3.8) is 0 Å². The Balaban J connectivity index is 1.35. The van der Waals surface area contributed by atoms with Crippen molar-refractivity contribution in [3.8, 4) is 16.2 Å². The molecule has 204 valence electrons. The third kappa shape index (κ3) is 6.27. The van der Waals surface area contributed by atoms with Crippen LogP contribution < -0.4 is 10.2 Å². The van der Waals surface area contributed by atoms with Crippen molar-refractivity contribution < 1.29 is 27.9 Å². The normalized spacial score (nSPS) is 15.7.